The number of allylic oxidation sites excluding steroid dienone is 1. The Hall–Kier alpha value is -6.18. The minimum absolute atomic E-state index is 0.134. The van der Waals surface area contributed by atoms with Crippen LogP contribution in [0, 0.1) is 0 Å². The maximum atomic E-state index is 2.41. The Morgan fingerprint density at radius 1 is 0.519 bits per heavy atom. The lowest BCUT2D eigenvalue weighted by molar-refractivity contribution is 0.660. The molecule has 250 valence electrons. The summed E-state index contributed by atoms with van der Waals surface area (Å²) in [7, 11) is 0. The fourth-order valence-electron chi connectivity index (χ4n) is 8.32. The van der Waals surface area contributed by atoms with Crippen molar-refractivity contribution in [3.63, 3.8) is 0 Å². The topological polar surface area (TPSA) is 3.24 Å². The summed E-state index contributed by atoms with van der Waals surface area (Å²) in [5.74, 6) is 0.323. The Bertz CT molecular complexity index is 2400. The first-order valence-electron chi connectivity index (χ1n) is 18.4. The van der Waals surface area contributed by atoms with Gasteiger partial charge in [-0.05, 0) is 104 Å². The lowest BCUT2D eigenvalue weighted by Crippen LogP contribution is -2.16. The summed E-state index contributed by atoms with van der Waals surface area (Å²) in [5.41, 5.74) is 18.0. The van der Waals surface area contributed by atoms with Crippen molar-refractivity contribution in [3.05, 3.63) is 220 Å². The molecule has 1 unspecified atom stereocenters. The number of para-hydroxylation sites is 2. The first-order chi connectivity index (χ1) is 25.5. The van der Waals surface area contributed by atoms with Crippen LogP contribution in [0.1, 0.15) is 64.3 Å². The van der Waals surface area contributed by atoms with E-state index in [2.05, 4.69) is 213 Å². The van der Waals surface area contributed by atoms with Gasteiger partial charge in [0.05, 0.1) is 0 Å². The third-order valence-corrected chi connectivity index (χ3v) is 11.0. The number of hydrogen-bond donors (Lipinski definition) is 0. The van der Waals surface area contributed by atoms with Crippen LogP contribution in [0.15, 0.2) is 176 Å². The van der Waals surface area contributed by atoms with Crippen LogP contribution in [0.5, 0.6) is 0 Å². The van der Waals surface area contributed by atoms with Crippen LogP contribution in [-0.4, -0.2) is 0 Å². The summed E-state index contributed by atoms with van der Waals surface area (Å²) >= 11 is 0. The molecule has 1 heteroatoms. The first kappa shape index (κ1) is 31.8. The van der Waals surface area contributed by atoms with Crippen molar-refractivity contribution in [2.24, 2.45) is 0 Å². The van der Waals surface area contributed by atoms with Gasteiger partial charge < -0.3 is 4.90 Å². The lowest BCUT2D eigenvalue weighted by Gasteiger charge is -2.28. The van der Waals surface area contributed by atoms with E-state index >= 15 is 0 Å². The van der Waals surface area contributed by atoms with E-state index in [1.165, 1.54) is 66.9 Å². The SMILES string of the molecule is CC1(C)c2cc(/C=C/c3ccc4c(c3)CC(c3ccccc3)C(c3ccccc3)=C4)ccc2-c2ccc(N(c3ccccc3)c3ccccc3)cc21. The Kier molecular flexibility index (Phi) is 8.05. The van der Waals surface area contributed by atoms with E-state index in [1.807, 2.05) is 0 Å². The number of fused-ring (bicyclic) bond motifs is 4. The molecule has 0 fully saturated rings. The van der Waals surface area contributed by atoms with Gasteiger partial charge in [0, 0.05) is 28.4 Å². The highest BCUT2D eigenvalue weighted by Gasteiger charge is 2.36. The number of nitrogens with zero attached hydrogens (tertiary/aromatic N) is 1. The Balaban J connectivity index is 1.02. The van der Waals surface area contributed by atoms with Gasteiger partial charge in [-0.25, -0.2) is 0 Å². The van der Waals surface area contributed by atoms with Gasteiger partial charge in [0.25, 0.3) is 0 Å². The van der Waals surface area contributed by atoms with Gasteiger partial charge in [-0.3, -0.25) is 0 Å². The van der Waals surface area contributed by atoms with E-state index in [0.29, 0.717) is 5.92 Å². The molecule has 7 aromatic rings. The van der Waals surface area contributed by atoms with Gasteiger partial charge in [-0.2, -0.15) is 0 Å². The maximum Gasteiger partial charge on any atom is 0.0465 e. The normalized spacial score (nSPS) is 15.4. The molecule has 2 aliphatic rings. The number of anilines is 3. The second-order valence-corrected chi connectivity index (χ2v) is 14.6. The summed E-state index contributed by atoms with van der Waals surface area (Å²) in [5, 5.41) is 0. The Morgan fingerprint density at radius 2 is 1.06 bits per heavy atom. The molecule has 0 saturated carbocycles. The molecule has 0 amide bonds. The highest BCUT2D eigenvalue weighted by molar-refractivity contribution is 5.90. The van der Waals surface area contributed by atoms with E-state index in [4.69, 9.17) is 0 Å². The monoisotopic (exact) mass is 667 g/mol. The molecular formula is C51H41N. The average molecular weight is 668 g/mol. The molecule has 0 aliphatic heterocycles. The predicted octanol–water partition coefficient (Wildman–Crippen LogP) is 13.5. The van der Waals surface area contributed by atoms with Crippen molar-refractivity contribution in [1.82, 2.24) is 0 Å². The van der Waals surface area contributed by atoms with E-state index in [1.54, 1.807) is 0 Å². The molecule has 0 bridgehead atoms. The Morgan fingerprint density at radius 3 is 1.71 bits per heavy atom. The van der Waals surface area contributed by atoms with Crippen molar-refractivity contribution in [2.45, 2.75) is 31.6 Å². The molecule has 0 saturated heterocycles. The molecule has 2 aliphatic carbocycles. The van der Waals surface area contributed by atoms with Crippen LogP contribution in [0.2, 0.25) is 0 Å². The minimum atomic E-state index is -0.134. The van der Waals surface area contributed by atoms with E-state index in [9.17, 15) is 0 Å². The van der Waals surface area contributed by atoms with Gasteiger partial charge in [-0.15, -0.1) is 0 Å². The second kappa shape index (κ2) is 13.2. The van der Waals surface area contributed by atoms with Crippen LogP contribution in [0.3, 0.4) is 0 Å². The van der Waals surface area contributed by atoms with Gasteiger partial charge in [0.15, 0.2) is 0 Å². The van der Waals surface area contributed by atoms with Crippen LogP contribution in [0.4, 0.5) is 17.1 Å². The highest BCUT2D eigenvalue weighted by Crippen LogP contribution is 2.51. The second-order valence-electron chi connectivity index (χ2n) is 14.6. The summed E-state index contributed by atoms with van der Waals surface area (Å²) in [6.45, 7) is 4.74. The van der Waals surface area contributed by atoms with Crippen molar-refractivity contribution in [3.8, 4) is 11.1 Å². The molecule has 0 spiro atoms. The van der Waals surface area contributed by atoms with Gasteiger partial charge >= 0.3 is 0 Å². The van der Waals surface area contributed by atoms with Crippen molar-refractivity contribution >= 4 is 40.9 Å². The summed E-state index contributed by atoms with van der Waals surface area (Å²) in [6, 6.07) is 64.1. The third-order valence-electron chi connectivity index (χ3n) is 11.0. The zero-order chi connectivity index (χ0) is 35.1. The summed E-state index contributed by atoms with van der Waals surface area (Å²) in [6.07, 6.45) is 7.95. The van der Waals surface area contributed by atoms with E-state index in [0.717, 1.165) is 17.8 Å². The predicted molar refractivity (Wildman–Crippen MR) is 221 cm³/mol. The van der Waals surface area contributed by atoms with Crippen molar-refractivity contribution < 1.29 is 0 Å². The molecule has 52 heavy (non-hydrogen) atoms. The summed E-state index contributed by atoms with van der Waals surface area (Å²) in [4.78, 5) is 2.35. The van der Waals surface area contributed by atoms with Crippen LogP contribution in [-0.2, 0) is 11.8 Å². The lowest BCUT2D eigenvalue weighted by atomic mass is 9.76. The van der Waals surface area contributed by atoms with Crippen molar-refractivity contribution in [1.29, 1.82) is 0 Å². The van der Waals surface area contributed by atoms with Gasteiger partial charge in [0.2, 0.25) is 0 Å². The Labute approximate surface area is 307 Å². The molecule has 0 radical (unpaired) electrons. The molecule has 1 atom stereocenters. The maximum absolute atomic E-state index is 2.41. The first-order valence-corrected chi connectivity index (χ1v) is 18.4. The average Bonchev–Trinajstić information content (AvgIpc) is 3.43. The minimum Gasteiger partial charge on any atom is -0.310 e. The fraction of sp³-hybridized carbons (Fsp3) is 0.0980. The molecule has 1 nitrogen and oxygen atoms in total. The van der Waals surface area contributed by atoms with Crippen LogP contribution < -0.4 is 4.90 Å². The molecule has 7 aromatic carbocycles. The number of benzene rings is 7. The number of hydrogen-bond acceptors (Lipinski definition) is 1. The van der Waals surface area contributed by atoms with E-state index < -0.39 is 0 Å². The molecule has 0 N–H and O–H groups in total. The quantitative estimate of drug-likeness (QED) is 0.153. The smallest absolute Gasteiger partial charge is 0.0465 e. The third kappa shape index (κ3) is 5.79. The highest BCUT2D eigenvalue weighted by atomic mass is 15.1. The standard InChI is InChI=1S/C51H41N/c1-51(2)49-32-37(26-29-45(49)46-30-28-44(35-50(46)51)52(42-19-11-5-12-20-42)43-21-13-6-14-22-43)24-23-36-25-27-40-33-47(38-15-7-3-8-16-38)48(34-41(40)31-36)39-17-9-4-10-18-39/h3-33,35,48H,34H2,1-2H3/b24-23+. The summed E-state index contributed by atoms with van der Waals surface area (Å²) < 4.78 is 0. The van der Waals surface area contributed by atoms with Crippen LogP contribution in [0.25, 0.3) is 34.9 Å². The van der Waals surface area contributed by atoms with Gasteiger partial charge in [-0.1, -0.05) is 172 Å². The van der Waals surface area contributed by atoms with Gasteiger partial charge in [0.1, 0.15) is 0 Å². The number of rotatable bonds is 7. The zero-order valence-electron chi connectivity index (χ0n) is 29.7. The molecule has 9 rings (SSSR count). The molecule has 0 aromatic heterocycles. The molecule has 0 heterocycles. The zero-order valence-corrected chi connectivity index (χ0v) is 29.7. The fourth-order valence-corrected chi connectivity index (χ4v) is 8.32. The van der Waals surface area contributed by atoms with Crippen molar-refractivity contribution in [2.75, 3.05) is 4.90 Å². The van der Waals surface area contributed by atoms with Crippen LogP contribution >= 0.6 is 0 Å². The molecular weight excluding hydrogens is 627 g/mol. The van der Waals surface area contributed by atoms with E-state index in [-0.39, 0.29) is 5.41 Å². The largest absolute Gasteiger partial charge is 0.310 e.